The zero-order chi connectivity index (χ0) is 19.9. The highest BCUT2D eigenvalue weighted by molar-refractivity contribution is 5.81. The quantitative estimate of drug-likeness (QED) is 0.785. The summed E-state index contributed by atoms with van der Waals surface area (Å²) in [4.78, 5) is 29.4. The maximum Gasteiger partial charge on any atom is 0.317 e. The van der Waals surface area contributed by atoms with Crippen LogP contribution in [-0.4, -0.2) is 61.1 Å². The first-order chi connectivity index (χ1) is 13.6. The van der Waals surface area contributed by atoms with Crippen molar-refractivity contribution in [3.63, 3.8) is 0 Å². The number of morpholine rings is 1. The number of carbonyl (C=O) groups is 2. The van der Waals surface area contributed by atoms with Gasteiger partial charge >= 0.3 is 6.03 Å². The number of halogens is 1. The van der Waals surface area contributed by atoms with E-state index in [4.69, 9.17) is 4.74 Å². The maximum atomic E-state index is 13.3. The molecule has 2 unspecified atom stereocenters. The molecular weight excluding hydrogens is 361 g/mol. The van der Waals surface area contributed by atoms with E-state index in [0.29, 0.717) is 45.8 Å². The zero-order valence-corrected chi connectivity index (χ0v) is 16.5. The maximum absolute atomic E-state index is 13.3. The van der Waals surface area contributed by atoms with Crippen LogP contribution in [-0.2, 0) is 9.53 Å². The molecule has 0 radical (unpaired) electrons. The first-order valence-electron chi connectivity index (χ1n) is 10.3. The van der Waals surface area contributed by atoms with Gasteiger partial charge in [-0.05, 0) is 37.0 Å². The number of rotatable bonds is 5. The molecule has 0 bridgehead atoms. The largest absolute Gasteiger partial charge is 0.378 e. The number of ether oxygens (including phenoxy) is 1. The van der Waals surface area contributed by atoms with Crippen LogP contribution in [0.2, 0.25) is 0 Å². The van der Waals surface area contributed by atoms with Crippen LogP contribution >= 0.6 is 0 Å². The number of nitrogens with one attached hydrogen (secondary N) is 1. The Kier molecular flexibility index (Phi) is 7.25. The molecule has 3 amide bonds. The van der Waals surface area contributed by atoms with Gasteiger partial charge in [-0.25, -0.2) is 9.18 Å². The van der Waals surface area contributed by atoms with E-state index in [1.807, 2.05) is 4.90 Å². The van der Waals surface area contributed by atoms with Crippen LogP contribution in [0.5, 0.6) is 0 Å². The molecule has 0 aromatic heterocycles. The van der Waals surface area contributed by atoms with E-state index in [-0.39, 0.29) is 29.7 Å². The van der Waals surface area contributed by atoms with Crippen LogP contribution in [0.3, 0.4) is 0 Å². The summed E-state index contributed by atoms with van der Waals surface area (Å²) >= 11 is 0. The minimum atomic E-state index is -0.293. The van der Waals surface area contributed by atoms with E-state index in [1.165, 1.54) is 12.1 Å². The van der Waals surface area contributed by atoms with Gasteiger partial charge in [0.2, 0.25) is 5.91 Å². The first-order valence-corrected chi connectivity index (χ1v) is 10.3. The lowest BCUT2D eigenvalue weighted by molar-refractivity contribution is -0.141. The second-order valence-corrected chi connectivity index (χ2v) is 7.52. The highest BCUT2D eigenvalue weighted by Gasteiger charge is 2.37. The number of hydrogen-bond donors (Lipinski definition) is 1. The van der Waals surface area contributed by atoms with Gasteiger partial charge in [-0.15, -0.1) is 0 Å². The Labute approximate surface area is 166 Å². The van der Waals surface area contributed by atoms with E-state index in [2.05, 4.69) is 12.2 Å². The fourth-order valence-electron chi connectivity index (χ4n) is 3.94. The molecule has 2 saturated heterocycles. The molecule has 2 aliphatic heterocycles. The van der Waals surface area contributed by atoms with E-state index >= 15 is 0 Å². The van der Waals surface area contributed by atoms with E-state index in [9.17, 15) is 14.0 Å². The van der Waals surface area contributed by atoms with Crippen LogP contribution in [0.1, 0.15) is 44.2 Å². The number of urea groups is 1. The summed E-state index contributed by atoms with van der Waals surface area (Å²) in [5.41, 5.74) is 0.907. The molecule has 28 heavy (non-hydrogen) atoms. The minimum Gasteiger partial charge on any atom is -0.378 e. The highest BCUT2D eigenvalue weighted by atomic mass is 19.1. The summed E-state index contributed by atoms with van der Waals surface area (Å²) in [6.07, 6.45) is 3.32. The lowest BCUT2D eigenvalue weighted by Crippen LogP contribution is -2.52. The number of amides is 3. The van der Waals surface area contributed by atoms with Crippen molar-refractivity contribution in [1.82, 2.24) is 15.1 Å². The fourth-order valence-corrected chi connectivity index (χ4v) is 3.94. The molecule has 1 N–H and O–H groups in total. The average Bonchev–Trinajstić information content (AvgIpc) is 2.74. The second-order valence-electron chi connectivity index (χ2n) is 7.52. The molecule has 1 aromatic rings. The third-order valence-electron chi connectivity index (χ3n) is 5.58. The highest BCUT2D eigenvalue weighted by Crippen LogP contribution is 2.34. The zero-order valence-electron chi connectivity index (χ0n) is 16.5. The third kappa shape index (κ3) is 5.01. The number of carbonyl (C=O) groups excluding carboxylic acids is 2. The Morgan fingerprint density at radius 3 is 2.57 bits per heavy atom. The Hall–Kier alpha value is -2.15. The lowest BCUT2D eigenvalue weighted by atomic mass is 9.88. The average molecular weight is 391 g/mol. The SMILES string of the molecule is CCCCNC(=O)N1CC(C(=O)N2CCOCC2)CCC1c1ccc(F)cc1. The van der Waals surface area contributed by atoms with Gasteiger partial charge in [0, 0.05) is 26.2 Å². The second kappa shape index (κ2) is 9.87. The van der Waals surface area contributed by atoms with Crippen molar-refractivity contribution in [3.8, 4) is 0 Å². The summed E-state index contributed by atoms with van der Waals surface area (Å²) in [7, 11) is 0. The van der Waals surface area contributed by atoms with Crippen molar-refractivity contribution in [3.05, 3.63) is 35.6 Å². The van der Waals surface area contributed by atoms with Gasteiger partial charge in [0.1, 0.15) is 5.82 Å². The Morgan fingerprint density at radius 2 is 1.89 bits per heavy atom. The number of unbranched alkanes of at least 4 members (excludes halogenated alkanes) is 1. The van der Waals surface area contributed by atoms with Crippen molar-refractivity contribution in [2.75, 3.05) is 39.4 Å². The van der Waals surface area contributed by atoms with Crippen molar-refractivity contribution >= 4 is 11.9 Å². The molecule has 2 fully saturated rings. The van der Waals surface area contributed by atoms with Crippen LogP contribution < -0.4 is 5.32 Å². The number of likely N-dealkylation sites (tertiary alicyclic amines) is 1. The summed E-state index contributed by atoms with van der Waals surface area (Å²) in [6, 6.07) is 6.02. The first kappa shape index (κ1) is 20.6. The van der Waals surface area contributed by atoms with Gasteiger partial charge in [0.15, 0.2) is 0 Å². The predicted octanol–water partition coefficient (Wildman–Crippen LogP) is 2.95. The predicted molar refractivity (Wildman–Crippen MR) is 104 cm³/mol. The van der Waals surface area contributed by atoms with Crippen LogP contribution in [0.4, 0.5) is 9.18 Å². The molecule has 0 saturated carbocycles. The summed E-state index contributed by atoms with van der Waals surface area (Å²) < 4.78 is 18.7. The Morgan fingerprint density at radius 1 is 1.18 bits per heavy atom. The van der Waals surface area contributed by atoms with Crippen LogP contribution in [0.15, 0.2) is 24.3 Å². The van der Waals surface area contributed by atoms with Gasteiger partial charge in [0.25, 0.3) is 0 Å². The number of nitrogens with zero attached hydrogens (tertiary/aromatic N) is 2. The van der Waals surface area contributed by atoms with Gasteiger partial charge in [-0.3, -0.25) is 4.79 Å². The fraction of sp³-hybridized carbons (Fsp3) is 0.619. The Bertz CT molecular complexity index is 661. The molecule has 2 aliphatic rings. The molecule has 154 valence electrons. The number of hydrogen-bond acceptors (Lipinski definition) is 3. The van der Waals surface area contributed by atoms with Crippen molar-refractivity contribution < 1.29 is 18.7 Å². The van der Waals surface area contributed by atoms with E-state index in [1.54, 1.807) is 17.0 Å². The monoisotopic (exact) mass is 391 g/mol. The summed E-state index contributed by atoms with van der Waals surface area (Å²) in [5.74, 6) is -0.391. The molecule has 2 heterocycles. The molecular formula is C21H30FN3O3. The van der Waals surface area contributed by atoms with Gasteiger partial charge < -0.3 is 19.9 Å². The van der Waals surface area contributed by atoms with Gasteiger partial charge in [-0.1, -0.05) is 25.5 Å². The molecule has 6 nitrogen and oxygen atoms in total. The molecule has 7 heteroatoms. The Balaban J connectivity index is 1.73. The molecule has 3 rings (SSSR count). The topological polar surface area (TPSA) is 61.9 Å². The lowest BCUT2D eigenvalue weighted by Gasteiger charge is -2.41. The molecule has 1 aromatic carbocycles. The minimum absolute atomic E-state index is 0.104. The standard InChI is InChI=1S/C21H30FN3O3/c1-2-3-10-23-21(27)25-15-17(20(26)24-11-13-28-14-12-24)6-9-19(25)16-4-7-18(22)8-5-16/h4-5,7-8,17,19H,2-3,6,9-15H2,1H3,(H,23,27). The number of piperidine rings is 1. The molecule has 0 spiro atoms. The normalized spacial score (nSPS) is 22.8. The van der Waals surface area contributed by atoms with Crippen molar-refractivity contribution in [2.45, 2.75) is 38.6 Å². The van der Waals surface area contributed by atoms with Crippen LogP contribution in [0.25, 0.3) is 0 Å². The summed E-state index contributed by atoms with van der Waals surface area (Å²) in [6.45, 7) is 5.43. The van der Waals surface area contributed by atoms with E-state index < -0.39 is 0 Å². The van der Waals surface area contributed by atoms with E-state index in [0.717, 1.165) is 24.8 Å². The van der Waals surface area contributed by atoms with Crippen molar-refractivity contribution in [2.24, 2.45) is 5.92 Å². The smallest absolute Gasteiger partial charge is 0.317 e. The van der Waals surface area contributed by atoms with Crippen molar-refractivity contribution in [1.29, 1.82) is 0 Å². The van der Waals surface area contributed by atoms with Gasteiger partial charge in [-0.2, -0.15) is 0 Å². The van der Waals surface area contributed by atoms with Crippen LogP contribution in [0, 0.1) is 11.7 Å². The molecule has 0 aliphatic carbocycles. The third-order valence-corrected chi connectivity index (χ3v) is 5.58. The summed E-state index contributed by atoms with van der Waals surface area (Å²) in [5, 5.41) is 2.97. The number of benzene rings is 1. The van der Waals surface area contributed by atoms with Gasteiger partial charge in [0.05, 0.1) is 25.2 Å². The molecule has 2 atom stereocenters.